The maximum Gasteiger partial charge on any atom is 0.155 e. The molecular weight excluding hydrogens is 276 g/mol. The van der Waals surface area contributed by atoms with Gasteiger partial charge in [-0.05, 0) is 48.5 Å². The summed E-state index contributed by atoms with van der Waals surface area (Å²) in [5.41, 5.74) is 7.56. The molecule has 3 aromatic carbocycles. The Morgan fingerprint density at radius 3 is 1.18 bits per heavy atom. The second kappa shape index (κ2) is 7.04. The third-order valence-corrected chi connectivity index (χ3v) is 2.94. The van der Waals surface area contributed by atoms with E-state index in [1.165, 1.54) is 0 Å². The zero-order chi connectivity index (χ0) is 15.0. The number of anilines is 2. The summed E-state index contributed by atoms with van der Waals surface area (Å²) in [6, 6.07) is 26.7. The largest absolute Gasteiger partial charge is 0.382 e. The van der Waals surface area contributed by atoms with Crippen molar-refractivity contribution in [1.82, 2.24) is 0 Å². The Labute approximate surface area is 129 Å². The summed E-state index contributed by atoms with van der Waals surface area (Å²) in [6.45, 7) is 0. The zero-order valence-corrected chi connectivity index (χ0v) is 11.9. The van der Waals surface area contributed by atoms with Gasteiger partial charge < -0.3 is 9.68 Å². The average molecular weight is 292 g/mol. The van der Waals surface area contributed by atoms with Gasteiger partial charge in [-0.25, -0.2) is 11.0 Å². The highest BCUT2D eigenvalue weighted by Gasteiger charge is 1.98. The van der Waals surface area contributed by atoms with Crippen LogP contribution in [0.2, 0.25) is 0 Å². The summed E-state index contributed by atoms with van der Waals surface area (Å²) in [4.78, 5) is 11.0. The molecule has 0 saturated heterocycles. The van der Waals surface area contributed by atoms with E-state index in [-0.39, 0.29) is 0 Å². The average Bonchev–Trinajstić information content (AvgIpc) is 2.61. The Morgan fingerprint density at radius 1 is 0.455 bits per heavy atom. The standard InChI is InChI=1S/C18H16N2O2/c1-3-7-15(8-4-1)19-21-17-11-13-18(14-12-17)22-20-16-9-5-2-6-10-16/h1-14,19-20H. The van der Waals surface area contributed by atoms with E-state index in [1.54, 1.807) is 0 Å². The predicted molar refractivity (Wildman–Crippen MR) is 87.8 cm³/mol. The van der Waals surface area contributed by atoms with Gasteiger partial charge in [0.15, 0.2) is 11.5 Å². The molecule has 0 bridgehead atoms. The fraction of sp³-hybridized carbons (Fsp3) is 0. The summed E-state index contributed by atoms with van der Waals surface area (Å²) in [7, 11) is 0. The summed E-state index contributed by atoms with van der Waals surface area (Å²) in [5.74, 6) is 1.41. The van der Waals surface area contributed by atoms with Gasteiger partial charge in [0.05, 0.1) is 11.4 Å². The SMILES string of the molecule is c1ccc(NOc2ccc(ONc3ccccc3)cc2)cc1. The minimum atomic E-state index is 0.705. The molecule has 0 fully saturated rings. The molecule has 0 aromatic heterocycles. The van der Waals surface area contributed by atoms with Crippen LogP contribution in [0, 0.1) is 0 Å². The molecule has 0 saturated carbocycles. The Kier molecular flexibility index (Phi) is 4.42. The molecule has 3 aromatic rings. The molecule has 4 heteroatoms. The maximum absolute atomic E-state index is 5.48. The van der Waals surface area contributed by atoms with Gasteiger partial charge in [0.2, 0.25) is 0 Å². The summed E-state index contributed by atoms with van der Waals surface area (Å²) >= 11 is 0. The van der Waals surface area contributed by atoms with Crippen molar-refractivity contribution < 1.29 is 9.68 Å². The van der Waals surface area contributed by atoms with Crippen LogP contribution < -0.4 is 20.6 Å². The van der Waals surface area contributed by atoms with E-state index in [0.29, 0.717) is 11.5 Å². The molecule has 22 heavy (non-hydrogen) atoms. The van der Waals surface area contributed by atoms with E-state index in [0.717, 1.165) is 11.4 Å². The minimum Gasteiger partial charge on any atom is -0.382 e. The highest BCUT2D eigenvalue weighted by atomic mass is 16.7. The second-order valence-electron chi connectivity index (χ2n) is 4.61. The van der Waals surface area contributed by atoms with Crippen LogP contribution in [-0.4, -0.2) is 0 Å². The smallest absolute Gasteiger partial charge is 0.155 e. The lowest BCUT2D eigenvalue weighted by atomic mass is 10.3. The van der Waals surface area contributed by atoms with Crippen molar-refractivity contribution in [2.24, 2.45) is 0 Å². The summed E-state index contributed by atoms with van der Waals surface area (Å²) in [6.07, 6.45) is 0. The van der Waals surface area contributed by atoms with Crippen molar-refractivity contribution in [3.05, 3.63) is 84.9 Å². The van der Waals surface area contributed by atoms with Gasteiger partial charge in [-0.15, -0.1) is 0 Å². The van der Waals surface area contributed by atoms with E-state index >= 15 is 0 Å². The normalized spacial score (nSPS) is 9.82. The van der Waals surface area contributed by atoms with Crippen molar-refractivity contribution in [3.8, 4) is 11.5 Å². The second-order valence-corrected chi connectivity index (χ2v) is 4.61. The molecule has 0 aliphatic rings. The van der Waals surface area contributed by atoms with Crippen LogP contribution in [0.4, 0.5) is 11.4 Å². The van der Waals surface area contributed by atoms with Gasteiger partial charge >= 0.3 is 0 Å². The zero-order valence-electron chi connectivity index (χ0n) is 11.9. The fourth-order valence-electron chi connectivity index (χ4n) is 1.82. The van der Waals surface area contributed by atoms with E-state index < -0.39 is 0 Å². The molecule has 0 spiro atoms. The number of benzene rings is 3. The Balaban J connectivity index is 1.52. The fourth-order valence-corrected chi connectivity index (χ4v) is 1.82. The van der Waals surface area contributed by atoms with Crippen LogP contribution in [-0.2, 0) is 0 Å². The Hall–Kier alpha value is -3.14. The Bertz CT molecular complexity index is 623. The molecule has 110 valence electrons. The maximum atomic E-state index is 5.48. The van der Waals surface area contributed by atoms with Crippen LogP contribution in [0.15, 0.2) is 84.9 Å². The lowest BCUT2D eigenvalue weighted by Crippen LogP contribution is -2.05. The third kappa shape index (κ3) is 3.93. The number of nitrogens with one attached hydrogen (secondary N) is 2. The molecule has 0 aliphatic carbocycles. The summed E-state index contributed by atoms with van der Waals surface area (Å²) in [5, 5.41) is 0. The van der Waals surface area contributed by atoms with E-state index in [2.05, 4.69) is 11.0 Å². The minimum absolute atomic E-state index is 0.705. The summed E-state index contributed by atoms with van der Waals surface area (Å²) < 4.78 is 0. The van der Waals surface area contributed by atoms with Gasteiger partial charge in [0.1, 0.15) is 0 Å². The first-order valence-electron chi connectivity index (χ1n) is 6.96. The Morgan fingerprint density at radius 2 is 0.818 bits per heavy atom. The molecule has 0 atom stereocenters. The predicted octanol–water partition coefficient (Wildman–Crippen LogP) is 4.50. The van der Waals surface area contributed by atoms with E-state index in [9.17, 15) is 0 Å². The van der Waals surface area contributed by atoms with Gasteiger partial charge in [0.25, 0.3) is 0 Å². The molecule has 0 amide bonds. The molecule has 3 rings (SSSR count). The monoisotopic (exact) mass is 292 g/mol. The van der Waals surface area contributed by atoms with Crippen molar-refractivity contribution in [2.75, 3.05) is 11.0 Å². The number of rotatable bonds is 6. The van der Waals surface area contributed by atoms with Crippen molar-refractivity contribution in [2.45, 2.75) is 0 Å². The first-order valence-corrected chi connectivity index (χ1v) is 6.96. The van der Waals surface area contributed by atoms with Gasteiger partial charge in [-0.2, -0.15) is 0 Å². The van der Waals surface area contributed by atoms with Crippen molar-refractivity contribution in [3.63, 3.8) is 0 Å². The highest BCUT2D eigenvalue weighted by Crippen LogP contribution is 2.19. The quantitative estimate of drug-likeness (QED) is 0.656. The third-order valence-electron chi connectivity index (χ3n) is 2.94. The van der Waals surface area contributed by atoms with Crippen LogP contribution in [0.25, 0.3) is 0 Å². The highest BCUT2D eigenvalue weighted by molar-refractivity contribution is 5.43. The van der Waals surface area contributed by atoms with Crippen molar-refractivity contribution >= 4 is 11.4 Å². The number of hydrogen-bond acceptors (Lipinski definition) is 4. The van der Waals surface area contributed by atoms with Crippen LogP contribution in [0.5, 0.6) is 11.5 Å². The van der Waals surface area contributed by atoms with E-state index in [1.807, 2.05) is 84.9 Å². The number of para-hydroxylation sites is 2. The first kappa shape index (κ1) is 13.8. The van der Waals surface area contributed by atoms with Crippen LogP contribution >= 0.6 is 0 Å². The van der Waals surface area contributed by atoms with Gasteiger partial charge in [-0.3, -0.25) is 0 Å². The lowest BCUT2D eigenvalue weighted by Gasteiger charge is -2.10. The molecule has 0 heterocycles. The first-order chi connectivity index (χ1) is 10.9. The molecule has 2 N–H and O–H groups in total. The van der Waals surface area contributed by atoms with Gasteiger partial charge in [-0.1, -0.05) is 36.4 Å². The van der Waals surface area contributed by atoms with Gasteiger partial charge in [0, 0.05) is 0 Å². The molecule has 0 unspecified atom stereocenters. The van der Waals surface area contributed by atoms with Crippen LogP contribution in [0.1, 0.15) is 0 Å². The molecule has 0 aliphatic heterocycles. The van der Waals surface area contributed by atoms with Crippen LogP contribution in [0.3, 0.4) is 0 Å². The molecule has 0 radical (unpaired) electrons. The molecule has 4 nitrogen and oxygen atoms in total. The molecular formula is C18H16N2O2. The lowest BCUT2D eigenvalue weighted by molar-refractivity contribution is 0.394. The van der Waals surface area contributed by atoms with E-state index in [4.69, 9.17) is 9.68 Å². The number of hydrogen-bond donors (Lipinski definition) is 2. The topological polar surface area (TPSA) is 42.5 Å². The van der Waals surface area contributed by atoms with Crippen molar-refractivity contribution in [1.29, 1.82) is 0 Å².